The highest BCUT2D eigenvalue weighted by atomic mass is 14.9. The molecule has 4 atom stereocenters. The Balaban J connectivity index is 1.80. The Bertz CT molecular complexity index is 429. The summed E-state index contributed by atoms with van der Waals surface area (Å²) >= 11 is 0. The molecule has 1 aliphatic heterocycles. The average molecular weight is 241 g/mol. The topological polar surface area (TPSA) is 12.0 Å². The van der Waals surface area contributed by atoms with Gasteiger partial charge in [-0.1, -0.05) is 37.1 Å². The molecular weight excluding hydrogens is 218 g/mol. The van der Waals surface area contributed by atoms with Crippen LogP contribution in [0.2, 0.25) is 0 Å². The van der Waals surface area contributed by atoms with E-state index in [0.29, 0.717) is 0 Å². The van der Waals surface area contributed by atoms with Crippen molar-refractivity contribution in [3.63, 3.8) is 0 Å². The first-order valence-electron chi connectivity index (χ1n) is 7.78. The first-order chi connectivity index (χ1) is 8.95. The third kappa shape index (κ3) is 1.52. The van der Waals surface area contributed by atoms with Gasteiger partial charge < -0.3 is 5.32 Å². The predicted octanol–water partition coefficient (Wildman–Crippen LogP) is 3.80. The Morgan fingerprint density at radius 1 is 0.944 bits per heavy atom. The van der Waals surface area contributed by atoms with Gasteiger partial charge in [0.15, 0.2) is 0 Å². The van der Waals surface area contributed by atoms with Crippen LogP contribution in [0.15, 0.2) is 35.6 Å². The van der Waals surface area contributed by atoms with Crippen molar-refractivity contribution in [1.29, 1.82) is 0 Å². The molecule has 2 fully saturated rings. The lowest BCUT2D eigenvalue weighted by molar-refractivity contribution is 0.116. The number of piperidine rings is 1. The first-order valence-corrected chi connectivity index (χ1v) is 7.78. The molecule has 1 N–H and O–H groups in total. The van der Waals surface area contributed by atoms with E-state index in [1.54, 1.807) is 11.3 Å². The van der Waals surface area contributed by atoms with Gasteiger partial charge in [-0.3, -0.25) is 0 Å². The van der Waals surface area contributed by atoms with E-state index in [9.17, 15) is 0 Å². The highest BCUT2D eigenvalue weighted by Crippen LogP contribution is 2.52. The summed E-state index contributed by atoms with van der Waals surface area (Å²) in [5.41, 5.74) is 3.25. The summed E-state index contributed by atoms with van der Waals surface area (Å²) in [6.45, 7) is 1.19. The highest BCUT2D eigenvalue weighted by molar-refractivity contribution is 5.41. The minimum Gasteiger partial charge on any atom is -0.388 e. The van der Waals surface area contributed by atoms with Crippen molar-refractivity contribution in [3.8, 4) is 0 Å². The highest BCUT2D eigenvalue weighted by Gasteiger charge is 2.44. The summed E-state index contributed by atoms with van der Waals surface area (Å²) in [5.74, 6) is 3.47. The lowest BCUT2D eigenvalue weighted by Gasteiger charge is -2.49. The third-order valence-electron chi connectivity index (χ3n) is 5.61. The van der Waals surface area contributed by atoms with Gasteiger partial charge in [0, 0.05) is 24.1 Å². The molecule has 1 heteroatoms. The van der Waals surface area contributed by atoms with E-state index in [0.717, 1.165) is 23.7 Å². The molecule has 0 amide bonds. The molecule has 1 saturated heterocycles. The van der Waals surface area contributed by atoms with Crippen molar-refractivity contribution in [2.24, 2.45) is 23.7 Å². The molecule has 1 saturated carbocycles. The number of rotatable bonds is 0. The summed E-state index contributed by atoms with van der Waals surface area (Å²) in [6, 6.07) is 0. The standard InChI is InChI=1S/C17H23N/c1-2-7-14-12(6-1)13-8-3-4-9-15(13)17-16(14)10-5-11-18-17/h3-4,8-9,12-14,16,18H,1-2,5-7,10-11H2. The maximum atomic E-state index is 3.75. The SMILES string of the molecule is C1=CC2=C3NCCCC3C3CCCCC3C2C=C1. The van der Waals surface area contributed by atoms with E-state index >= 15 is 0 Å². The third-order valence-corrected chi connectivity index (χ3v) is 5.61. The summed E-state index contributed by atoms with van der Waals surface area (Å²) in [4.78, 5) is 0. The second-order valence-corrected chi connectivity index (χ2v) is 6.43. The van der Waals surface area contributed by atoms with Crippen LogP contribution >= 0.6 is 0 Å². The molecule has 4 aliphatic rings. The van der Waals surface area contributed by atoms with Gasteiger partial charge in [-0.15, -0.1) is 0 Å². The molecule has 96 valence electrons. The minimum atomic E-state index is 0.720. The molecule has 3 aliphatic carbocycles. The van der Waals surface area contributed by atoms with Gasteiger partial charge in [0.2, 0.25) is 0 Å². The Hall–Kier alpha value is -0.980. The van der Waals surface area contributed by atoms with Crippen molar-refractivity contribution >= 4 is 0 Å². The molecule has 4 rings (SSSR count). The number of fused-ring (bicyclic) bond motifs is 5. The largest absolute Gasteiger partial charge is 0.388 e. The van der Waals surface area contributed by atoms with E-state index in [4.69, 9.17) is 0 Å². The molecule has 0 radical (unpaired) electrons. The molecule has 4 unspecified atom stereocenters. The maximum Gasteiger partial charge on any atom is 0.0180 e. The van der Waals surface area contributed by atoms with E-state index in [2.05, 4.69) is 29.6 Å². The Morgan fingerprint density at radius 3 is 2.78 bits per heavy atom. The number of allylic oxidation sites excluding steroid dienone is 6. The second-order valence-electron chi connectivity index (χ2n) is 6.43. The van der Waals surface area contributed by atoms with Crippen LogP contribution < -0.4 is 5.32 Å². The van der Waals surface area contributed by atoms with Crippen molar-refractivity contribution in [2.75, 3.05) is 6.54 Å². The van der Waals surface area contributed by atoms with E-state index in [1.165, 1.54) is 45.1 Å². The van der Waals surface area contributed by atoms with Crippen LogP contribution in [0.4, 0.5) is 0 Å². The van der Waals surface area contributed by atoms with Crippen molar-refractivity contribution in [2.45, 2.75) is 38.5 Å². The number of nitrogens with one attached hydrogen (secondary N) is 1. The molecule has 18 heavy (non-hydrogen) atoms. The van der Waals surface area contributed by atoms with Crippen LogP contribution in [0, 0.1) is 23.7 Å². The van der Waals surface area contributed by atoms with Gasteiger partial charge >= 0.3 is 0 Å². The minimum absolute atomic E-state index is 0.720. The molecule has 1 heterocycles. The molecule has 0 spiro atoms. The molecular formula is C17H23N. The average Bonchev–Trinajstić information content (AvgIpc) is 2.48. The summed E-state index contributed by atoms with van der Waals surface area (Å²) in [5, 5.41) is 3.75. The zero-order valence-corrected chi connectivity index (χ0v) is 11.1. The van der Waals surface area contributed by atoms with Crippen molar-refractivity contribution < 1.29 is 0 Å². The number of hydrogen-bond acceptors (Lipinski definition) is 1. The Kier molecular flexibility index (Phi) is 2.60. The zero-order valence-electron chi connectivity index (χ0n) is 11.1. The van der Waals surface area contributed by atoms with Crippen LogP contribution in [0.1, 0.15) is 38.5 Å². The molecule has 0 bridgehead atoms. The fourth-order valence-corrected chi connectivity index (χ4v) is 4.90. The summed E-state index contributed by atoms with van der Waals surface area (Å²) < 4.78 is 0. The van der Waals surface area contributed by atoms with Gasteiger partial charge in [-0.05, 0) is 43.1 Å². The summed E-state index contributed by atoms with van der Waals surface area (Å²) in [7, 11) is 0. The van der Waals surface area contributed by atoms with Crippen LogP contribution in [0.25, 0.3) is 0 Å². The van der Waals surface area contributed by atoms with Crippen LogP contribution in [0.3, 0.4) is 0 Å². The fourth-order valence-electron chi connectivity index (χ4n) is 4.90. The van der Waals surface area contributed by atoms with Gasteiger partial charge in [-0.25, -0.2) is 0 Å². The van der Waals surface area contributed by atoms with Gasteiger partial charge in [-0.2, -0.15) is 0 Å². The molecule has 0 aromatic carbocycles. The molecule has 0 aromatic rings. The zero-order chi connectivity index (χ0) is 11.9. The molecule has 1 nitrogen and oxygen atoms in total. The smallest absolute Gasteiger partial charge is 0.0180 e. The van der Waals surface area contributed by atoms with Gasteiger partial charge in [0.25, 0.3) is 0 Å². The van der Waals surface area contributed by atoms with Crippen molar-refractivity contribution in [3.05, 3.63) is 35.6 Å². The van der Waals surface area contributed by atoms with E-state index in [-0.39, 0.29) is 0 Å². The quantitative estimate of drug-likeness (QED) is 0.680. The predicted molar refractivity (Wildman–Crippen MR) is 75.0 cm³/mol. The van der Waals surface area contributed by atoms with E-state index in [1.807, 2.05) is 0 Å². The second kappa shape index (κ2) is 4.29. The first kappa shape index (κ1) is 10.9. The monoisotopic (exact) mass is 241 g/mol. The van der Waals surface area contributed by atoms with E-state index < -0.39 is 0 Å². The van der Waals surface area contributed by atoms with Gasteiger partial charge in [0.1, 0.15) is 0 Å². The number of hydrogen-bond donors (Lipinski definition) is 1. The van der Waals surface area contributed by atoms with Gasteiger partial charge in [0.05, 0.1) is 0 Å². The Labute approximate surface area is 110 Å². The normalized spacial score (nSPS) is 41.8. The van der Waals surface area contributed by atoms with Crippen LogP contribution in [-0.2, 0) is 0 Å². The maximum absolute atomic E-state index is 3.75. The fraction of sp³-hybridized carbons (Fsp3) is 0.647. The van der Waals surface area contributed by atoms with Crippen LogP contribution in [-0.4, -0.2) is 6.54 Å². The summed E-state index contributed by atoms with van der Waals surface area (Å²) in [6.07, 6.45) is 18.0. The van der Waals surface area contributed by atoms with Crippen LogP contribution in [0.5, 0.6) is 0 Å². The van der Waals surface area contributed by atoms with Crippen molar-refractivity contribution in [1.82, 2.24) is 5.32 Å². The lowest BCUT2D eigenvalue weighted by Crippen LogP contribution is -2.44. The molecule has 0 aromatic heterocycles. The Morgan fingerprint density at radius 2 is 1.83 bits per heavy atom. The lowest BCUT2D eigenvalue weighted by atomic mass is 9.58.